The Hall–Kier alpha value is -5.24. The summed E-state index contributed by atoms with van der Waals surface area (Å²) >= 11 is 0. The predicted octanol–water partition coefficient (Wildman–Crippen LogP) is 13.9. The Balaban J connectivity index is 0.000000360. The summed E-state index contributed by atoms with van der Waals surface area (Å²) < 4.78 is 0. The van der Waals surface area contributed by atoms with E-state index in [1.165, 1.54) is 39.3 Å². The van der Waals surface area contributed by atoms with Gasteiger partial charge in [0.25, 0.3) is 0 Å². The van der Waals surface area contributed by atoms with Crippen LogP contribution in [0.25, 0.3) is 0 Å². The lowest BCUT2D eigenvalue weighted by atomic mass is 10.1. The van der Waals surface area contributed by atoms with Crippen LogP contribution in [-0.2, 0) is 0 Å². The second-order valence-corrected chi connectivity index (χ2v) is 17.1. The van der Waals surface area contributed by atoms with E-state index in [2.05, 4.69) is 193 Å². The highest BCUT2D eigenvalue weighted by atomic mass is 15.1. The van der Waals surface area contributed by atoms with Crippen LogP contribution in [0, 0.1) is 41.5 Å². The number of rotatable bonds is 6. The summed E-state index contributed by atoms with van der Waals surface area (Å²) in [4.78, 5) is 17.0. The monoisotopic (exact) mass is 813 g/mol. The van der Waals surface area contributed by atoms with Crippen LogP contribution in [0.15, 0.2) is 97.6 Å². The molecule has 6 heterocycles. The second kappa shape index (κ2) is 28.3. The van der Waals surface area contributed by atoms with E-state index in [-0.39, 0.29) is 0 Å². The van der Waals surface area contributed by atoms with Crippen LogP contribution in [-0.4, -0.2) is 40.3 Å². The number of hydrogen-bond acceptors (Lipinski definition) is 8. The summed E-state index contributed by atoms with van der Waals surface area (Å²) in [5.74, 6) is 3.18. The van der Waals surface area contributed by atoms with Crippen molar-refractivity contribution in [2.24, 2.45) is 0 Å². The van der Waals surface area contributed by atoms with Gasteiger partial charge in [-0.25, -0.2) is 0 Å². The molecule has 6 aromatic heterocycles. The standard InChI is InChI=1S/4C9H13N.2C8H12N2/c1-7(2)9-5-4-8(3)10-6-9;3*1-7(2)9-5-4-8(3)6-10-9;2*1-6(2)8-5-4-7(3)9-10-8/h4*4-7H,1-3H3;2*4-6H,1-3H3. The van der Waals surface area contributed by atoms with E-state index in [1.807, 2.05) is 69.8 Å². The molecule has 0 N–H and O–H groups in total. The third-order valence-corrected chi connectivity index (χ3v) is 9.00. The van der Waals surface area contributed by atoms with Gasteiger partial charge in [0.15, 0.2) is 0 Å². The summed E-state index contributed by atoms with van der Waals surface area (Å²) in [5.41, 5.74) is 13.7. The maximum absolute atomic E-state index is 4.28. The topological polar surface area (TPSA) is 103 Å². The van der Waals surface area contributed by atoms with E-state index in [9.17, 15) is 0 Å². The van der Waals surface area contributed by atoms with E-state index in [0.717, 1.165) is 28.5 Å². The van der Waals surface area contributed by atoms with Crippen molar-refractivity contribution in [3.63, 3.8) is 0 Å². The van der Waals surface area contributed by atoms with Crippen LogP contribution < -0.4 is 0 Å². The molecule has 8 nitrogen and oxygen atoms in total. The van der Waals surface area contributed by atoms with Crippen molar-refractivity contribution in [1.82, 2.24) is 40.3 Å². The van der Waals surface area contributed by atoms with Gasteiger partial charge in [-0.05, 0) is 148 Å². The van der Waals surface area contributed by atoms with E-state index in [0.29, 0.717) is 35.5 Å². The zero-order valence-electron chi connectivity index (χ0n) is 40.3. The number of aryl methyl sites for hydroxylation is 6. The lowest BCUT2D eigenvalue weighted by molar-refractivity contribution is 0.777. The third-order valence-electron chi connectivity index (χ3n) is 9.00. The highest BCUT2D eigenvalue weighted by molar-refractivity contribution is 5.17. The fourth-order valence-electron chi connectivity index (χ4n) is 4.72. The van der Waals surface area contributed by atoms with Gasteiger partial charge < -0.3 is 0 Å². The zero-order chi connectivity index (χ0) is 45.4. The normalized spacial score (nSPS) is 10.4. The first-order chi connectivity index (χ1) is 28.2. The number of nitrogens with zero attached hydrogens (tertiary/aromatic N) is 8. The van der Waals surface area contributed by atoms with E-state index in [1.54, 1.807) is 0 Å². The van der Waals surface area contributed by atoms with E-state index < -0.39 is 0 Å². The molecule has 0 spiro atoms. The number of pyridine rings is 4. The molecule has 324 valence electrons. The molecule has 0 radical (unpaired) electrons. The molecule has 0 fully saturated rings. The molecule has 0 aliphatic heterocycles. The van der Waals surface area contributed by atoms with Crippen LogP contribution in [0.4, 0.5) is 0 Å². The van der Waals surface area contributed by atoms with Crippen LogP contribution in [0.3, 0.4) is 0 Å². The zero-order valence-corrected chi connectivity index (χ0v) is 40.3. The lowest BCUT2D eigenvalue weighted by Crippen LogP contribution is -1.95. The van der Waals surface area contributed by atoms with Crippen LogP contribution in [0.5, 0.6) is 0 Å². The molecule has 0 aromatic carbocycles. The Morgan fingerprint density at radius 2 is 0.567 bits per heavy atom. The largest absolute Gasteiger partial charge is 0.261 e. The van der Waals surface area contributed by atoms with Gasteiger partial charge in [0.05, 0.1) is 22.8 Å². The van der Waals surface area contributed by atoms with Gasteiger partial charge in [-0.1, -0.05) is 107 Å². The first-order valence-electron chi connectivity index (χ1n) is 21.5. The Labute approximate surface area is 364 Å². The quantitative estimate of drug-likeness (QED) is 0.164. The van der Waals surface area contributed by atoms with Gasteiger partial charge in [0.1, 0.15) is 0 Å². The summed E-state index contributed by atoms with van der Waals surface area (Å²) in [6.07, 6.45) is 7.68. The smallest absolute Gasteiger partial charge is 0.0656 e. The Morgan fingerprint density at radius 3 is 0.767 bits per heavy atom. The number of aromatic nitrogens is 8. The molecule has 0 amide bonds. The van der Waals surface area contributed by atoms with Crippen LogP contribution in [0.1, 0.15) is 186 Å². The molecule has 0 bridgehead atoms. The number of hydrogen-bond donors (Lipinski definition) is 0. The first-order valence-corrected chi connectivity index (χ1v) is 21.5. The van der Waals surface area contributed by atoms with Gasteiger partial charge in [-0.15, -0.1) is 0 Å². The van der Waals surface area contributed by atoms with Gasteiger partial charge in [-0.3, -0.25) is 19.9 Å². The van der Waals surface area contributed by atoms with Crippen LogP contribution >= 0.6 is 0 Å². The molecule has 0 aliphatic carbocycles. The van der Waals surface area contributed by atoms with Gasteiger partial charge in [-0.2, -0.15) is 20.4 Å². The molecule has 0 saturated carbocycles. The van der Waals surface area contributed by atoms with Gasteiger partial charge in [0, 0.05) is 47.6 Å². The van der Waals surface area contributed by atoms with Crippen molar-refractivity contribution in [3.05, 3.63) is 165 Å². The molecule has 0 aliphatic rings. The average Bonchev–Trinajstić information content (AvgIpc) is 3.20. The van der Waals surface area contributed by atoms with Crippen molar-refractivity contribution < 1.29 is 0 Å². The van der Waals surface area contributed by atoms with Gasteiger partial charge >= 0.3 is 0 Å². The fraction of sp³-hybridized carbons (Fsp3) is 0.462. The average molecular weight is 813 g/mol. The Bertz CT molecular complexity index is 1580. The molecule has 8 heteroatoms. The van der Waals surface area contributed by atoms with E-state index in [4.69, 9.17) is 0 Å². The second-order valence-electron chi connectivity index (χ2n) is 17.1. The predicted molar refractivity (Wildman–Crippen MR) is 254 cm³/mol. The summed E-state index contributed by atoms with van der Waals surface area (Å²) in [7, 11) is 0. The molecule has 0 atom stereocenters. The molecule has 0 saturated heterocycles. The maximum atomic E-state index is 4.28. The third kappa shape index (κ3) is 22.8. The SMILES string of the molecule is Cc1ccc(C(C)C)cn1.Cc1ccc(C(C)C)nc1.Cc1ccc(C(C)C)nc1.Cc1ccc(C(C)C)nc1.Cc1ccc(C(C)C)nn1.Cc1ccc(C(C)C)nn1. The van der Waals surface area contributed by atoms with E-state index >= 15 is 0 Å². The molecule has 60 heavy (non-hydrogen) atoms. The van der Waals surface area contributed by atoms with Crippen LogP contribution in [0.2, 0.25) is 0 Å². The lowest BCUT2D eigenvalue weighted by Gasteiger charge is -2.02. The Morgan fingerprint density at radius 1 is 0.267 bits per heavy atom. The highest BCUT2D eigenvalue weighted by Crippen LogP contribution is 2.14. The molecule has 6 rings (SSSR count). The molecular formula is C52H76N8. The first kappa shape index (κ1) is 52.8. The van der Waals surface area contributed by atoms with Gasteiger partial charge in [0.2, 0.25) is 0 Å². The summed E-state index contributed by atoms with van der Waals surface area (Å²) in [6, 6.07) is 24.8. The summed E-state index contributed by atoms with van der Waals surface area (Å²) in [5, 5.41) is 16.0. The van der Waals surface area contributed by atoms with Crippen molar-refractivity contribution in [2.75, 3.05) is 0 Å². The molecule has 6 aromatic rings. The summed E-state index contributed by atoms with van der Waals surface area (Å²) in [6.45, 7) is 37.7. The minimum absolute atomic E-state index is 0.480. The minimum Gasteiger partial charge on any atom is -0.261 e. The fourth-order valence-corrected chi connectivity index (χ4v) is 4.72. The van der Waals surface area contributed by atoms with Crippen molar-refractivity contribution in [3.8, 4) is 0 Å². The van der Waals surface area contributed by atoms with Crippen molar-refractivity contribution >= 4 is 0 Å². The highest BCUT2D eigenvalue weighted by Gasteiger charge is 2.01. The molecular weight excluding hydrogens is 737 g/mol. The molecule has 0 unspecified atom stereocenters. The van der Waals surface area contributed by atoms with Crippen molar-refractivity contribution in [2.45, 2.75) is 160 Å². The Kier molecular flexibility index (Phi) is 24.9. The van der Waals surface area contributed by atoms with Crippen molar-refractivity contribution in [1.29, 1.82) is 0 Å². The minimum atomic E-state index is 0.480. The maximum Gasteiger partial charge on any atom is 0.0656 e.